The van der Waals surface area contributed by atoms with Crippen LogP contribution in [0.3, 0.4) is 0 Å². The van der Waals surface area contributed by atoms with Crippen LogP contribution in [0.15, 0.2) is 15.1 Å². The van der Waals surface area contributed by atoms with E-state index in [2.05, 4.69) is 30.3 Å². The van der Waals surface area contributed by atoms with Crippen molar-refractivity contribution in [2.24, 2.45) is 10.2 Å². The second kappa shape index (κ2) is 17.3. The van der Waals surface area contributed by atoms with Crippen molar-refractivity contribution in [1.82, 2.24) is 10.6 Å². The standard InChI is InChI=1S/C27H26F8N4O9S.2CH3/c1-10-13(28)15(30)11(16(31)14(10)29)22(40)47-8-6-36-24(42)26(2,3)38-39-27(4,5)25(43)37-7-9-48-23(41)12-17(32)19(34)21(49(44,45)46)20(35)18(12)33;;/h6-9H2,1-5H3,(H,36,42)(H,37,43)(H,44,45,46);2*1H3/q;2*+1/p-1. The second-order valence-corrected chi connectivity index (χ2v) is 12.1. The summed E-state index contributed by atoms with van der Waals surface area (Å²) in [6.45, 7) is 3.03. The number of rotatable bonds is 13. The molecular formula is C29H31F8N4O9S+. The molecule has 2 aromatic carbocycles. The van der Waals surface area contributed by atoms with Gasteiger partial charge in [-0.1, -0.05) is 0 Å². The Kier molecular flexibility index (Phi) is 15.6. The van der Waals surface area contributed by atoms with Crippen molar-refractivity contribution in [3.63, 3.8) is 0 Å². The molecule has 0 aromatic heterocycles. The molecule has 0 saturated heterocycles. The largest absolute Gasteiger partial charge is 0.744 e. The van der Waals surface area contributed by atoms with Gasteiger partial charge in [0.25, 0.3) is 0 Å². The van der Waals surface area contributed by atoms with E-state index in [4.69, 9.17) is 0 Å². The molecule has 0 spiro atoms. The first kappa shape index (κ1) is 46.0. The maximum Gasteiger partial charge on any atom is 0.344 e. The molecule has 0 fully saturated rings. The summed E-state index contributed by atoms with van der Waals surface area (Å²) in [6, 6.07) is 0. The van der Waals surface area contributed by atoms with Crippen LogP contribution < -0.4 is 10.6 Å². The number of carbonyl (C=O) groups is 4. The molecule has 0 aliphatic heterocycles. The van der Waals surface area contributed by atoms with E-state index in [-0.39, 0.29) is 14.9 Å². The van der Waals surface area contributed by atoms with E-state index < -0.39 is 139 Å². The van der Waals surface area contributed by atoms with Crippen LogP contribution in [0.4, 0.5) is 35.1 Å². The highest BCUT2D eigenvalue weighted by molar-refractivity contribution is 7.85. The summed E-state index contributed by atoms with van der Waals surface area (Å²) in [5.74, 6) is -23.4. The molecule has 0 atom stereocenters. The van der Waals surface area contributed by atoms with E-state index in [1.807, 2.05) is 0 Å². The Morgan fingerprint density at radius 1 is 0.627 bits per heavy atom. The quantitative estimate of drug-likeness (QED) is 0.0573. The van der Waals surface area contributed by atoms with E-state index in [1.165, 1.54) is 27.7 Å². The van der Waals surface area contributed by atoms with E-state index in [0.29, 0.717) is 0 Å². The number of azo groups is 1. The summed E-state index contributed by atoms with van der Waals surface area (Å²) in [5.41, 5.74) is -8.01. The highest BCUT2D eigenvalue weighted by Gasteiger charge is 2.34. The molecule has 2 amide bonds. The summed E-state index contributed by atoms with van der Waals surface area (Å²) < 4.78 is 153. The van der Waals surface area contributed by atoms with Crippen LogP contribution >= 0.6 is 0 Å². The lowest BCUT2D eigenvalue weighted by Gasteiger charge is -2.22. The van der Waals surface area contributed by atoms with Crippen molar-refractivity contribution >= 4 is 33.9 Å². The first-order valence-electron chi connectivity index (χ1n) is 13.4. The molecule has 282 valence electrons. The number of esters is 2. The number of halogens is 8. The van der Waals surface area contributed by atoms with Gasteiger partial charge in [0.15, 0.2) is 57.6 Å². The number of hydrogen-bond donors (Lipinski definition) is 2. The van der Waals surface area contributed by atoms with Crippen LogP contribution in [0.25, 0.3) is 0 Å². The summed E-state index contributed by atoms with van der Waals surface area (Å²) in [7, 11) is -6.01. The molecule has 22 heteroatoms. The van der Waals surface area contributed by atoms with Gasteiger partial charge in [0.05, 0.1) is 13.1 Å². The Morgan fingerprint density at radius 2 is 0.922 bits per heavy atom. The maximum absolute atomic E-state index is 14.1. The first-order chi connectivity index (χ1) is 22.4. The van der Waals surface area contributed by atoms with Crippen LogP contribution in [-0.4, -0.2) is 74.1 Å². The summed E-state index contributed by atoms with van der Waals surface area (Å²) in [5, 5.41) is 12.0. The van der Waals surface area contributed by atoms with E-state index in [1.54, 1.807) is 0 Å². The number of benzene rings is 2. The van der Waals surface area contributed by atoms with Gasteiger partial charge in [-0.05, 0) is 34.6 Å². The lowest BCUT2D eigenvalue weighted by molar-refractivity contribution is -0.127. The third kappa shape index (κ3) is 10.3. The Hall–Kier alpha value is -4.99. The fraction of sp³-hybridized carbons (Fsp3) is 0.379. The molecule has 0 bridgehead atoms. The lowest BCUT2D eigenvalue weighted by atomic mass is 10.0. The number of amides is 2. The first-order valence-corrected chi connectivity index (χ1v) is 14.8. The monoisotopic (exact) mass is 763 g/mol. The van der Waals surface area contributed by atoms with Gasteiger partial charge in [-0.25, -0.2) is 53.1 Å². The Balaban J connectivity index is 0.0000125. The minimum absolute atomic E-state index is 0. The van der Waals surface area contributed by atoms with Crippen LogP contribution in [0.2, 0.25) is 0 Å². The number of hydrogen-bond acceptors (Lipinski definition) is 11. The van der Waals surface area contributed by atoms with Crippen molar-refractivity contribution in [1.29, 1.82) is 0 Å². The normalized spacial score (nSPS) is 11.7. The van der Waals surface area contributed by atoms with Gasteiger partial charge in [-0.2, -0.15) is 10.2 Å². The Bertz CT molecular complexity index is 1780. The Labute approximate surface area is 286 Å². The molecule has 0 aliphatic carbocycles. The molecule has 2 N–H and O–H groups in total. The van der Waals surface area contributed by atoms with Crippen molar-refractivity contribution in [3.05, 3.63) is 78.1 Å². The fourth-order valence-electron chi connectivity index (χ4n) is 3.47. The lowest BCUT2D eigenvalue weighted by Crippen LogP contribution is -2.44. The van der Waals surface area contributed by atoms with Crippen LogP contribution in [-0.2, 0) is 29.2 Å². The van der Waals surface area contributed by atoms with Crippen molar-refractivity contribution < 1.29 is 76.7 Å². The fourth-order valence-corrected chi connectivity index (χ4v) is 4.08. The second-order valence-electron chi connectivity index (χ2n) is 10.8. The molecule has 2 aromatic rings. The van der Waals surface area contributed by atoms with Crippen molar-refractivity contribution in [3.8, 4) is 0 Å². The van der Waals surface area contributed by atoms with Gasteiger partial charge >= 0.3 is 11.9 Å². The van der Waals surface area contributed by atoms with Crippen LogP contribution in [0.5, 0.6) is 0 Å². The smallest absolute Gasteiger partial charge is 0.344 e. The zero-order chi connectivity index (χ0) is 37.8. The molecule has 0 saturated carbocycles. The van der Waals surface area contributed by atoms with Gasteiger partial charge in [-0.3, -0.25) is 9.59 Å². The molecule has 0 aliphatic rings. The zero-order valence-corrected chi connectivity index (χ0v) is 28.6. The van der Waals surface area contributed by atoms with Gasteiger partial charge in [0.2, 0.25) is 11.8 Å². The highest BCUT2D eigenvalue weighted by atomic mass is 32.2. The van der Waals surface area contributed by atoms with Gasteiger partial charge in [0.1, 0.15) is 39.4 Å². The Morgan fingerprint density at radius 3 is 1.22 bits per heavy atom. The highest BCUT2D eigenvalue weighted by Crippen LogP contribution is 2.28. The topological polar surface area (TPSA) is 193 Å². The molecular weight excluding hydrogens is 732 g/mol. The SMILES string of the molecule is Cc1c(F)c(F)c(C(=O)OCCNC(=O)C(C)(C)N=NC(C)(C)C(=O)NCCOC(=O)c2c(F)c(F)c(S(=O)(=O)[O-])c(F)c2F)c(F)c1F.[CH3+].[CH3+]. The number of ether oxygens (including phenoxy) is 2. The van der Waals surface area contributed by atoms with Crippen molar-refractivity contribution in [2.75, 3.05) is 26.3 Å². The maximum atomic E-state index is 14.1. The minimum Gasteiger partial charge on any atom is -0.744 e. The average Bonchev–Trinajstić information content (AvgIpc) is 3.00. The summed E-state index contributed by atoms with van der Waals surface area (Å²) in [4.78, 5) is 46.6. The van der Waals surface area contributed by atoms with E-state index in [9.17, 15) is 67.3 Å². The van der Waals surface area contributed by atoms with E-state index >= 15 is 0 Å². The molecule has 51 heavy (non-hydrogen) atoms. The number of nitrogens with zero attached hydrogens (tertiary/aromatic N) is 2. The zero-order valence-electron chi connectivity index (χ0n) is 27.8. The van der Waals surface area contributed by atoms with Gasteiger partial charge in [0, 0.05) is 20.4 Å². The number of nitrogens with one attached hydrogen (secondary N) is 2. The van der Waals surface area contributed by atoms with E-state index in [0.717, 1.165) is 6.92 Å². The summed E-state index contributed by atoms with van der Waals surface area (Å²) >= 11 is 0. The minimum atomic E-state index is -6.01. The predicted octanol–water partition coefficient (Wildman–Crippen LogP) is 4.17. The molecule has 2 rings (SSSR count). The van der Waals surface area contributed by atoms with Crippen LogP contribution in [0.1, 0.15) is 54.0 Å². The molecule has 0 heterocycles. The summed E-state index contributed by atoms with van der Waals surface area (Å²) in [6.07, 6.45) is 0. The average molecular weight is 764 g/mol. The molecule has 0 radical (unpaired) electrons. The van der Waals surface area contributed by atoms with Gasteiger partial charge < -0.3 is 24.7 Å². The number of carbonyl (C=O) groups excluding carboxylic acids is 4. The van der Waals surface area contributed by atoms with Crippen molar-refractivity contribution in [2.45, 2.75) is 50.6 Å². The third-order valence-electron chi connectivity index (χ3n) is 6.27. The predicted molar refractivity (Wildman–Crippen MR) is 158 cm³/mol. The van der Waals surface area contributed by atoms with Crippen LogP contribution in [0, 0.1) is 68.3 Å². The van der Waals surface area contributed by atoms with Gasteiger partial charge in [-0.15, -0.1) is 0 Å². The molecule has 0 unspecified atom stereocenters. The third-order valence-corrected chi connectivity index (χ3v) is 7.13. The molecule has 13 nitrogen and oxygen atoms in total.